The predicted octanol–water partition coefficient (Wildman–Crippen LogP) is 3.74. The Morgan fingerprint density at radius 1 is 1.17 bits per heavy atom. The fourth-order valence-corrected chi connectivity index (χ4v) is 2.66. The van der Waals surface area contributed by atoms with Gasteiger partial charge in [0.1, 0.15) is 17.6 Å². The quantitative estimate of drug-likeness (QED) is 0.672. The number of rotatable bonds is 6. The molecule has 0 saturated carbocycles. The van der Waals surface area contributed by atoms with Gasteiger partial charge in [-0.25, -0.2) is 0 Å². The van der Waals surface area contributed by atoms with Crippen molar-refractivity contribution in [1.82, 2.24) is 4.98 Å². The van der Waals surface area contributed by atoms with E-state index in [2.05, 4.69) is 17.6 Å². The second-order valence-electron chi connectivity index (χ2n) is 5.49. The lowest BCUT2D eigenvalue weighted by Gasteiger charge is -2.13. The van der Waals surface area contributed by atoms with Gasteiger partial charge in [0.15, 0.2) is 0 Å². The Hall–Kier alpha value is -2.53. The minimum atomic E-state index is -0.938. The van der Waals surface area contributed by atoms with Gasteiger partial charge < -0.3 is 9.84 Å². The number of nitrogens with zero attached hydrogens (tertiary/aromatic N) is 1. The number of carboxylic acids is 1. The van der Waals surface area contributed by atoms with E-state index in [0.717, 1.165) is 22.0 Å². The van der Waals surface area contributed by atoms with Crippen LogP contribution in [0.4, 0.5) is 0 Å². The number of carboxylic acid groups (broad SMARTS) is 1. The Bertz CT molecular complexity index is 866. The highest BCUT2D eigenvalue weighted by Gasteiger charge is 2.15. The third-order valence-corrected chi connectivity index (χ3v) is 4.12. The first kappa shape index (κ1) is 16.3. The normalized spacial score (nSPS) is 12.0. The molecule has 122 valence electrons. The van der Waals surface area contributed by atoms with Crippen molar-refractivity contribution in [2.24, 2.45) is 0 Å². The molecule has 1 heterocycles. The number of hydrogen-bond acceptors (Lipinski definition) is 4. The molecule has 0 aliphatic heterocycles. The molecule has 24 heavy (non-hydrogen) atoms. The smallest absolute Gasteiger partial charge is 0.316 e. The average Bonchev–Trinajstić information content (AvgIpc) is 2.60. The summed E-state index contributed by atoms with van der Waals surface area (Å²) in [6, 6.07) is 17.4. The first-order chi connectivity index (χ1) is 11.6. The molecule has 0 fully saturated rings. The molecule has 0 spiro atoms. The summed E-state index contributed by atoms with van der Waals surface area (Å²) in [6.07, 6.45) is 2.11. The molecule has 1 atom stereocenters. The Morgan fingerprint density at radius 3 is 2.75 bits per heavy atom. The lowest BCUT2D eigenvalue weighted by molar-refractivity contribution is -0.136. The Labute approximate surface area is 145 Å². The minimum absolute atomic E-state index is 0.310. The second-order valence-corrected chi connectivity index (χ2v) is 6.11. The Morgan fingerprint density at radius 2 is 1.92 bits per heavy atom. The maximum Gasteiger partial charge on any atom is 0.316 e. The van der Waals surface area contributed by atoms with E-state index >= 15 is 0 Å². The number of aliphatic carboxylic acids is 1. The standard InChI is InChI=1S/C19H17NO3S/c21-19(22)18(24)10-15-6-2-4-8-17(15)23-12-13-9-14-5-1-3-7-16(14)20-11-13/h1-9,11,18,24H,10,12H2,(H,21,22). The number of para-hydroxylation sites is 2. The molecular weight excluding hydrogens is 322 g/mol. The molecule has 4 nitrogen and oxygen atoms in total. The molecule has 3 rings (SSSR count). The van der Waals surface area contributed by atoms with E-state index in [4.69, 9.17) is 9.84 Å². The molecule has 2 aromatic carbocycles. The maximum atomic E-state index is 11.0. The van der Waals surface area contributed by atoms with Gasteiger partial charge in [0.2, 0.25) is 0 Å². The van der Waals surface area contributed by atoms with Crippen LogP contribution >= 0.6 is 12.6 Å². The van der Waals surface area contributed by atoms with Gasteiger partial charge in [0, 0.05) is 17.1 Å². The predicted molar refractivity (Wildman–Crippen MR) is 96.6 cm³/mol. The van der Waals surface area contributed by atoms with Gasteiger partial charge in [-0.15, -0.1) is 0 Å². The van der Waals surface area contributed by atoms with Gasteiger partial charge >= 0.3 is 5.97 Å². The van der Waals surface area contributed by atoms with E-state index < -0.39 is 11.2 Å². The molecule has 0 radical (unpaired) electrons. The van der Waals surface area contributed by atoms with Crippen molar-refractivity contribution >= 4 is 29.5 Å². The van der Waals surface area contributed by atoms with Crippen LogP contribution < -0.4 is 4.74 Å². The zero-order valence-corrected chi connectivity index (χ0v) is 13.8. The minimum Gasteiger partial charge on any atom is -0.489 e. The Kier molecular flexibility index (Phi) is 5.01. The third-order valence-electron chi connectivity index (χ3n) is 3.71. The summed E-state index contributed by atoms with van der Waals surface area (Å²) in [5.74, 6) is -0.266. The molecule has 1 aromatic heterocycles. The SMILES string of the molecule is O=C(O)C(S)Cc1ccccc1OCc1cnc2ccccc2c1. The van der Waals surface area contributed by atoms with Crippen LogP contribution in [-0.2, 0) is 17.8 Å². The van der Waals surface area contributed by atoms with Crippen LogP contribution in [0, 0.1) is 0 Å². The largest absolute Gasteiger partial charge is 0.489 e. The van der Waals surface area contributed by atoms with Gasteiger partial charge in [-0.05, 0) is 30.2 Å². The number of benzene rings is 2. The lowest BCUT2D eigenvalue weighted by Crippen LogP contribution is -2.16. The second kappa shape index (κ2) is 7.36. The van der Waals surface area contributed by atoms with E-state index in [1.54, 1.807) is 6.20 Å². The lowest BCUT2D eigenvalue weighted by atomic mass is 10.1. The van der Waals surface area contributed by atoms with Gasteiger partial charge in [0.25, 0.3) is 0 Å². The molecule has 0 bridgehead atoms. The average molecular weight is 339 g/mol. The molecule has 0 amide bonds. The molecule has 0 saturated heterocycles. The summed E-state index contributed by atoms with van der Waals surface area (Å²) in [6.45, 7) is 0.374. The van der Waals surface area contributed by atoms with Crippen LogP contribution in [0.3, 0.4) is 0 Å². The number of fused-ring (bicyclic) bond motifs is 1. The van der Waals surface area contributed by atoms with E-state index in [1.807, 2.05) is 54.6 Å². The summed E-state index contributed by atoms with van der Waals surface area (Å²) in [7, 11) is 0. The van der Waals surface area contributed by atoms with Gasteiger partial charge in [-0.2, -0.15) is 12.6 Å². The van der Waals surface area contributed by atoms with Crippen LogP contribution in [-0.4, -0.2) is 21.3 Å². The number of hydrogen-bond donors (Lipinski definition) is 2. The highest BCUT2D eigenvalue weighted by Crippen LogP contribution is 2.23. The fraction of sp³-hybridized carbons (Fsp3) is 0.158. The topological polar surface area (TPSA) is 59.4 Å². The number of aromatic nitrogens is 1. The first-order valence-corrected chi connectivity index (χ1v) is 8.10. The third kappa shape index (κ3) is 3.86. The van der Waals surface area contributed by atoms with Gasteiger partial charge in [0.05, 0.1) is 5.52 Å². The number of pyridine rings is 1. The summed E-state index contributed by atoms with van der Waals surface area (Å²) in [5, 5.41) is 9.33. The molecule has 1 N–H and O–H groups in total. The van der Waals surface area contributed by atoms with Crippen LogP contribution in [0.15, 0.2) is 60.8 Å². The van der Waals surface area contributed by atoms with Crippen molar-refractivity contribution in [3.63, 3.8) is 0 Å². The summed E-state index contributed by atoms with van der Waals surface area (Å²) >= 11 is 4.10. The molecule has 0 aliphatic rings. The van der Waals surface area contributed by atoms with Crippen molar-refractivity contribution in [1.29, 1.82) is 0 Å². The molecule has 0 aliphatic carbocycles. The number of ether oxygens (including phenoxy) is 1. The summed E-state index contributed by atoms with van der Waals surface area (Å²) in [5.41, 5.74) is 2.74. The van der Waals surface area contributed by atoms with Crippen LogP contribution in [0.25, 0.3) is 10.9 Å². The molecular formula is C19H17NO3S. The molecule has 1 unspecified atom stereocenters. The highest BCUT2D eigenvalue weighted by atomic mass is 32.1. The van der Waals surface area contributed by atoms with E-state index in [1.165, 1.54) is 0 Å². The highest BCUT2D eigenvalue weighted by molar-refractivity contribution is 7.81. The number of carbonyl (C=O) groups is 1. The Balaban J connectivity index is 1.74. The van der Waals surface area contributed by atoms with Crippen molar-refractivity contribution in [3.8, 4) is 5.75 Å². The van der Waals surface area contributed by atoms with Gasteiger partial charge in [-0.1, -0.05) is 36.4 Å². The zero-order valence-electron chi connectivity index (χ0n) is 12.9. The van der Waals surface area contributed by atoms with Crippen LogP contribution in [0.5, 0.6) is 5.75 Å². The van der Waals surface area contributed by atoms with Crippen LogP contribution in [0.2, 0.25) is 0 Å². The van der Waals surface area contributed by atoms with Crippen molar-refractivity contribution in [2.75, 3.05) is 0 Å². The molecule has 3 aromatic rings. The first-order valence-electron chi connectivity index (χ1n) is 7.59. The van der Waals surface area contributed by atoms with E-state index in [0.29, 0.717) is 18.8 Å². The maximum absolute atomic E-state index is 11.0. The van der Waals surface area contributed by atoms with Crippen molar-refractivity contribution < 1.29 is 14.6 Å². The van der Waals surface area contributed by atoms with Crippen molar-refractivity contribution in [3.05, 3.63) is 71.9 Å². The van der Waals surface area contributed by atoms with E-state index in [9.17, 15) is 4.79 Å². The van der Waals surface area contributed by atoms with E-state index in [-0.39, 0.29) is 0 Å². The van der Waals surface area contributed by atoms with Crippen molar-refractivity contribution in [2.45, 2.75) is 18.3 Å². The molecule has 5 heteroatoms. The monoisotopic (exact) mass is 339 g/mol. The fourth-order valence-electron chi connectivity index (χ4n) is 2.47. The number of thiol groups is 1. The summed E-state index contributed by atoms with van der Waals surface area (Å²) < 4.78 is 5.89. The van der Waals surface area contributed by atoms with Gasteiger partial charge in [-0.3, -0.25) is 9.78 Å². The zero-order chi connectivity index (χ0) is 16.9. The van der Waals surface area contributed by atoms with Crippen LogP contribution in [0.1, 0.15) is 11.1 Å². The summed E-state index contributed by atoms with van der Waals surface area (Å²) in [4.78, 5) is 15.4.